The Morgan fingerprint density at radius 2 is 2.12 bits per heavy atom. The van der Waals surface area contributed by atoms with Crippen molar-refractivity contribution < 1.29 is 0 Å². The Bertz CT molecular complexity index is 457. The lowest BCUT2D eigenvalue weighted by Gasteiger charge is -1.98. The highest BCUT2D eigenvalue weighted by Crippen LogP contribution is 2.21. The third-order valence-corrected chi connectivity index (χ3v) is 2.35. The van der Waals surface area contributed by atoms with E-state index in [0.29, 0.717) is 0 Å². The molecule has 0 aliphatic heterocycles. The zero-order valence-corrected chi connectivity index (χ0v) is 9.27. The van der Waals surface area contributed by atoms with E-state index in [0.717, 1.165) is 23.4 Å². The molecule has 2 N–H and O–H groups in total. The van der Waals surface area contributed by atoms with Crippen LogP contribution in [0.5, 0.6) is 0 Å². The molecule has 0 saturated carbocycles. The highest BCUT2D eigenvalue weighted by Gasteiger charge is 2.03. The molecule has 0 amide bonds. The van der Waals surface area contributed by atoms with Crippen molar-refractivity contribution in [1.29, 1.82) is 0 Å². The van der Waals surface area contributed by atoms with Crippen molar-refractivity contribution in [2.45, 2.75) is 0 Å². The summed E-state index contributed by atoms with van der Waals surface area (Å²) in [6.45, 7) is 0.861. The minimum Gasteiger partial charge on any atom is -0.316 e. The normalized spacial score (nSPS) is 11.1. The predicted octanol–water partition coefficient (Wildman–Crippen LogP) is 2.31. The molecular weight excluding hydrogens is 198 g/mol. The van der Waals surface area contributed by atoms with Gasteiger partial charge in [0.25, 0.3) is 0 Å². The minimum atomic E-state index is 0.861. The summed E-state index contributed by atoms with van der Waals surface area (Å²) in [5, 5.41) is 10.2. The summed E-state index contributed by atoms with van der Waals surface area (Å²) < 4.78 is 0. The molecule has 0 unspecified atom stereocenters. The first-order chi connectivity index (χ1) is 7.92. The number of nitrogens with one attached hydrogen (secondary N) is 2. The number of rotatable bonds is 4. The fourth-order valence-electron chi connectivity index (χ4n) is 1.56. The molecule has 0 atom stereocenters. The first kappa shape index (κ1) is 10.6. The molecule has 1 heterocycles. The van der Waals surface area contributed by atoms with E-state index in [9.17, 15) is 0 Å². The van der Waals surface area contributed by atoms with Crippen LogP contribution in [-0.4, -0.2) is 23.8 Å². The molecule has 2 aromatic rings. The van der Waals surface area contributed by atoms with Crippen LogP contribution < -0.4 is 5.32 Å². The Kier molecular flexibility index (Phi) is 3.51. The second kappa shape index (κ2) is 5.28. The predicted molar refractivity (Wildman–Crippen MR) is 67.0 cm³/mol. The number of aromatic nitrogens is 2. The summed E-state index contributed by atoms with van der Waals surface area (Å²) in [4.78, 5) is 0. The Balaban J connectivity index is 2.26. The van der Waals surface area contributed by atoms with Gasteiger partial charge in [0, 0.05) is 17.7 Å². The SMILES string of the molecule is CNCC=Cc1cn[nH]c1-c1ccccc1. The van der Waals surface area contributed by atoms with Gasteiger partial charge >= 0.3 is 0 Å². The Labute approximate surface area is 95.2 Å². The van der Waals surface area contributed by atoms with Gasteiger partial charge < -0.3 is 5.32 Å². The Morgan fingerprint density at radius 3 is 2.88 bits per heavy atom. The Hall–Kier alpha value is -1.87. The van der Waals surface area contributed by atoms with E-state index in [4.69, 9.17) is 0 Å². The summed E-state index contributed by atoms with van der Waals surface area (Å²) in [7, 11) is 1.93. The van der Waals surface area contributed by atoms with Gasteiger partial charge in [-0.05, 0) is 7.05 Å². The van der Waals surface area contributed by atoms with Crippen LogP contribution in [-0.2, 0) is 0 Å². The molecule has 3 heteroatoms. The van der Waals surface area contributed by atoms with Crippen molar-refractivity contribution >= 4 is 6.08 Å². The van der Waals surface area contributed by atoms with E-state index in [-0.39, 0.29) is 0 Å². The van der Waals surface area contributed by atoms with Crippen molar-refractivity contribution in [2.75, 3.05) is 13.6 Å². The van der Waals surface area contributed by atoms with Crippen LogP contribution in [0.4, 0.5) is 0 Å². The van der Waals surface area contributed by atoms with Gasteiger partial charge in [-0.25, -0.2) is 0 Å². The number of hydrogen-bond acceptors (Lipinski definition) is 2. The highest BCUT2D eigenvalue weighted by molar-refractivity contribution is 5.71. The van der Waals surface area contributed by atoms with Gasteiger partial charge in [-0.15, -0.1) is 0 Å². The van der Waals surface area contributed by atoms with Gasteiger partial charge in [0.05, 0.1) is 11.9 Å². The van der Waals surface area contributed by atoms with E-state index in [2.05, 4.69) is 39.8 Å². The summed E-state index contributed by atoms with van der Waals surface area (Å²) in [5.41, 5.74) is 3.33. The molecule has 3 nitrogen and oxygen atoms in total. The van der Waals surface area contributed by atoms with Crippen LogP contribution >= 0.6 is 0 Å². The van der Waals surface area contributed by atoms with Crippen molar-refractivity contribution in [3.63, 3.8) is 0 Å². The van der Waals surface area contributed by atoms with Crippen LogP contribution in [0.2, 0.25) is 0 Å². The zero-order valence-electron chi connectivity index (χ0n) is 9.27. The van der Waals surface area contributed by atoms with Crippen molar-refractivity contribution in [3.05, 3.63) is 48.2 Å². The molecule has 1 aromatic carbocycles. The lowest BCUT2D eigenvalue weighted by Crippen LogP contribution is -2.03. The fraction of sp³-hybridized carbons (Fsp3) is 0.154. The van der Waals surface area contributed by atoms with Crippen LogP contribution in [0, 0.1) is 0 Å². The number of likely N-dealkylation sites (N-methyl/N-ethyl adjacent to an activating group) is 1. The molecule has 82 valence electrons. The van der Waals surface area contributed by atoms with Crippen molar-refractivity contribution in [3.8, 4) is 11.3 Å². The summed E-state index contributed by atoms with van der Waals surface area (Å²) in [6.07, 6.45) is 5.99. The maximum Gasteiger partial charge on any atom is 0.0722 e. The van der Waals surface area contributed by atoms with E-state index >= 15 is 0 Å². The molecular formula is C13H15N3. The molecule has 0 saturated heterocycles. The molecule has 16 heavy (non-hydrogen) atoms. The summed E-state index contributed by atoms with van der Waals surface area (Å²) >= 11 is 0. The molecule has 0 aliphatic rings. The van der Waals surface area contributed by atoms with E-state index in [1.165, 1.54) is 0 Å². The monoisotopic (exact) mass is 213 g/mol. The third kappa shape index (κ3) is 2.38. The van der Waals surface area contributed by atoms with Crippen LogP contribution in [0.15, 0.2) is 42.6 Å². The maximum absolute atomic E-state index is 4.08. The first-order valence-electron chi connectivity index (χ1n) is 5.31. The van der Waals surface area contributed by atoms with E-state index in [1.807, 2.05) is 31.4 Å². The highest BCUT2D eigenvalue weighted by atomic mass is 15.1. The van der Waals surface area contributed by atoms with Gasteiger partial charge in [0.1, 0.15) is 0 Å². The van der Waals surface area contributed by atoms with Crippen LogP contribution in [0.1, 0.15) is 5.56 Å². The number of nitrogens with zero attached hydrogens (tertiary/aromatic N) is 1. The summed E-state index contributed by atoms with van der Waals surface area (Å²) in [6, 6.07) is 10.2. The van der Waals surface area contributed by atoms with Crippen molar-refractivity contribution in [2.24, 2.45) is 0 Å². The molecule has 0 aliphatic carbocycles. The molecule has 0 radical (unpaired) electrons. The molecule has 2 rings (SSSR count). The Morgan fingerprint density at radius 1 is 1.31 bits per heavy atom. The van der Waals surface area contributed by atoms with E-state index in [1.54, 1.807) is 0 Å². The van der Waals surface area contributed by atoms with E-state index < -0.39 is 0 Å². The lowest BCUT2D eigenvalue weighted by molar-refractivity contribution is 0.922. The molecule has 0 fully saturated rings. The first-order valence-corrected chi connectivity index (χ1v) is 5.31. The van der Waals surface area contributed by atoms with Gasteiger partial charge in [-0.3, -0.25) is 5.10 Å². The van der Waals surface area contributed by atoms with Gasteiger partial charge in [-0.2, -0.15) is 5.10 Å². The summed E-state index contributed by atoms with van der Waals surface area (Å²) in [5.74, 6) is 0. The zero-order chi connectivity index (χ0) is 11.2. The molecule has 0 bridgehead atoms. The lowest BCUT2D eigenvalue weighted by atomic mass is 10.1. The quantitative estimate of drug-likeness (QED) is 0.818. The van der Waals surface area contributed by atoms with Crippen LogP contribution in [0.3, 0.4) is 0 Å². The number of aromatic amines is 1. The van der Waals surface area contributed by atoms with Gasteiger partial charge in [0.15, 0.2) is 0 Å². The standard InChI is InChI=1S/C13H15N3/c1-14-9-5-8-12-10-15-16-13(12)11-6-3-2-4-7-11/h2-8,10,14H,9H2,1H3,(H,15,16). The van der Waals surface area contributed by atoms with Crippen LogP contribution in [0.25, 0.3) is 17.3 Å². The average molecular weight is 213 g/mol. The maximum atomic E-state index is 4.08. The third-order valence-electron chi connectivity index (χ3n) is 2.35. The number of hydrogen-bond donors (Lipinski definition) is 2. The van der Waals surface area contributed by atoms with Gasteiger partial charge in [-0.1, -0.05) is 42.5 Å². The smallest absolute Gasteiger partial charge is 0.0722 e. The molecule has 0 spiro atoms. The van der Waals surface area contributed by atoms with Crippen molar-refractivity contribution in [1.82, 2.24) is 15.5 Å². The van der Waals surface area contributed by atoms with Gasteiger partial charge in [0.2, 0.25) is 0 Å². The topological polar surface area (TPSA) is 40.7 Å². The second-order valence-corrected chi connectivity index (χ2v) is 3.53. The fourth-order valence-corrected chi connectivity index (χ4v) is 1.56. The molecule has 1 aromatic heterocycles. The number of benzene rings is 1. The minimum absolute atomic E-state index is 0.861. The average Bonchev–Trinajstić information content (AvgIpc) is 2.79. The largest absolute Gasteiger partial charge is 0.316 e. The second-order valence-electron chi connectivity index (χ2n) is 3.53. The number of H-pyrrole nitrogens is 1.